The van der Waals surface area contributed by atoms with Crippen LogP contribution in [0.3, 0.4) is 0 Å². The molecule has 4 rings (SSSR count). The number of fused-ring (bicyclic) bond motifs is 1. The van der Waals surface area contributed by atoms with Crippen LogP contribution in [0.4, 0.5) is 5.69 Å². The standard InChI is InChI=1S/C22H25N3O2/c1-17-15-19-9-5-6-10-20(19)25(17)21(26)16-23-11-13-24(14-12-23)22(27)18-7-3-2-4-8-18/h2-10,17H,11-16H2,1H3/p+1/t17-/m1/s1. The minimum absolute atomic E-state index is 0.0862. The third-order valence-electron chi connectivity index (χ3n) is 5.66. The summed E-state index contributed by atoms with van der Waals surface area (Å²) in [7, 11) is 0. The van der Waals surface area contributed by atoms with Crippen LogP contribution in [0.15, 0.2) is 54.6 Å². The summed E-state index contributed by atoms with van der Waals surface area (Å²) in [6.45, 7) is 5.63. The summed E-state index contributed by atoms with van der Waals surface area (Å²) in [5, 5.41) is 0. The van der Waals surface area contributed by atoms with Crippen LogP contribution in [0, 0.1) is 0 Å². The monoisotopic (exact) mass is 364 g/mol. The molecule has 2 aliphatic heterocycles. The minimum Gasteiger partial charge on any atom is -0.327 e. The second kappa shape index (κ2) is 7.53. The smallest absolute Gasteiger partial charge is 0.282 e. The lowest BCUT2D eigenvalue weighted by atomic mass is 10.1. The first kappa shape index (κ1) is 17.7. The largest absolute Gasteiger partial charge is 0.327 e. The number of nitrogens with one attached hydrogen (secondary N) is 1. The summed E-state index contributed by atoms with van der Waals surface area (Å²) < 4.78 is 0. The lowest BCUT2D eigenvalue weighted by molar-refractivity contribution is -0.895. The molecule has 0 aromatic heterocycles. The van der Waals surface area contributed by atoms with Crippen molar-refractivity contribution >= 4 is 17.5 Å². The van der Waals surface area contributed by atoms with Crippen molar-refractivity contribution in [3.63, 3.8) is 0 Å². The Balaban J connectivity index is 1.34. The van der Waals surface area contributed by atoms with Gasteiger partial charge in [0.25, 0.3) is 11.8 Å². The predicted molar refractivity (Wildman–Crippen MR) is 105 cm³/mol. The molecule has 2 amide bonds. The summed E-state index contributed by atoms with van der Waals surface area (Å²) >= 11 is 0. The van der Waals surface area contributed by atoms with E-state index >= 15 is 0 Å². The summed E-state index contributed by atoms with van der Waals surface area (Å²) in [6, 6.07) is 17.8. The summed E-state index contributed by atoms with van der Waals surface area (Å²) in [5.41, 5.74) is 3.05. The molecule has 2 aromatic carbocycles. The van der Waals surface area contributed by atoms with E-state index < -0.39 is 0 Å². The highest BCUT2D eigenvalue weighted by Gasteiger charge is 2.33. The van der Waals surface area contributed by atoms with Crippen molar-refractivity contribution in [3.8, 4) is 0 Å². The fourth-order valence-corrected chi connectivity index (χ4v) is 4.21. The molecule has 5 heteroatoms. The van der Waals surface area contributed by atoms with Crippen LogP contribution in [0.2, 0.25) is 0 Å². The highest BCUT2D eigenvalue weighted by molar-refractivity contribution is 5.97. The van der Waals surface area contributed by atoms with E-state index in [-0.39, 0.29) is 17.9 Å². The molecule has 5 nitrogen and oxygen atoms in total. The van der Waals surface area contributed by atoms with E-state index in [1.165, 1.54) is 10.5 Å². The number of hydrogen-bond acceptors (Lipinski definition) is 2. The van der Waals surface area contributed by atoms with Gasteiger partial charge in [-0.15, -0.1) is 0 Å². The molecule has 140 valence electrons. The lowest BCUT2D eigenvalue weighted by Gasteiger charge is -2.33. The van der Waals surface area contributed by atoms with Gasteiger partial charge in [-0.2, -0.15) is 0 Å². The number of carbonyl (C=O) groups is 2. The van der Waals surface area contributed by atoms with Crippen molar-refractivity contribution < 1.29 is 14.5 Å². The number of nitrogens with zero attached hydrogens (tertiary/aromatic N) is 2. The van der Waals surface area contributed by atoms with Crippen LogP contribution in [-0.4, -0.2) is 55.5 Å². The zero-order chi connectivity index (χ0) is 18.8. The minimum atomic E-state index is 0.0862. The Labute approximate surface area is 160 Å². The first-order chi connectivity index (χ1) is 13.1. The first-order valence-corrected chi connectivity index (χ1v) is 9.71. The van der Waals surface area contributed by atoms with E-state index in [9.17, 15) is 9.59 Å². The van der Waals surface area contributed by atoms with Gasteiger partial charge in [0.1, 0.15) is 0 Å². The van der Waals surface area contributed by atoms with E-state index in [1.807, 2.05) is 58.3 Å². The van der Waals surface area contributed by atoms with E-state index in [0.717, 1.165) is 30.8 Å². The molecule has 1 atom stereocenters. The molecule has 2 aromatic rings. The summed E-state index contributed by atoms with van der Waals surface area (Å²) in [4.78, 5) is 30.6. The van der Waals surface area contributed by atoms with Crippen LogP contribution >= 0.6 is 0 Å². The number of benzene rings is 2. The average Bonchev–Trinajstić information content (AvgIpc) is 3.04. The van der Waals surface area contributed by atoms with Crippen LogP contribution in [0.1, 0.15) is 22.8 Å². The van der Waals surface area contributed by atoms with Gasteiger partial charge < -0.3 is 14.7 Å². The van der Waals surface area contributed by atoms with Crippen LogP contribution in [0.5, 0.6) is 0 Å². The Morgan fingerprint density at radius 3 is 2.41 bits per heavy atom. The lowest BCUT2D eigenvalue weighted by Crippen LogP contribution is -3.16. The number of anilines is 1. The highest BCUT2D eigenvalue weighted by atomic mass is 16.2. The van der Waals surface area contributed by atoms with E-state index in [2.05, 4.69) is 13.0 Å². The fraction of sp³-hybridized carbons (Fsp3) is 0.364. The molecule has 0 aliphatic carbocycles. The van der Waals surface area contributed by atoms with Crippen molar-refractivity contribution in [2.24, 2.45) is 0 Å². The molecule has 0 bridgehead atoms. The molecule has 0 saturated carbocycles. The van der Waals surface area contributed by atoms with Crippen LogP contribution < -0.4 is 9.80 Å². The molecular weight excluding hydrogens is 338 g/mol. The second-order valence-corrected chi connectivity index (χ2v) is 7.53. The van der Waals surface area contributed by atoms with Crippen molar-refractivity contribution in [2.45, 2.75) is 19.4 Å². The second-order valence-electron chi connectivity index (χ2n) is 7.53. The predicted octanol–water partition coefficient (Wildman–Crippen LogP) is 1.01. The van der Waals surface area contributed by atoms with Gasteiger partial charge >= 0.3 is 0 Å². The zero-order valence-electron chi connectivity index (χ0n) is 15.7. The Morgan fingerprint density at radius 2 is 1.67 bits per heavy atom. The summed E-state index contributed by atoms with van der Waals surface area (Å²) in [5.74, 6) is 0.272. The first-order valence-electron chi connectivity index (χ1n) is 9.71. The number of carbonyl (C=O) groups excluding carboxylic acids is 2. The Hall–Kier alpha value is -2.66. The van der Waals surface area contributed by atoms with Crippen molar-refractivity contribution in [2.75, 3.05) is 37.6 Å². The maximum Gasteiger partial charge on any atom is 0.282 e. The highest BCUT2D eigenvalue weighted by Crippen LogP contribution is 2.31. The maximum atomic E-state index is 12.9. The molecule has 0 radical (unpaired) electrons. The third kappa shape index (κ3) is 3.60. The number of amides is 2. The molecule has 2 aliphatic rings. The molecular formula is C22H26N3O2+. The van der Waals surface area contributed by atoms with Gasteiger partial charge in [-0.05, 0) is 37.1 Å². The van der Waals surface area contributed by atoms with Crippen molar-refractivity contribution in [3.05, 3.63) is 65.7 Å². The third-order valence-corrected chi connectivity index (χ3v) is 5.66. The van der Waals surface area contributed by atoms with Gasteiger partial charge in [0.15, 0.2) is 6.54 Å². The number of piperazine rings is 1. The topological polar surface area (TPSA) is 45.1 Å². The molecule has 1 N–H and O–H groups in total. The Bertz CT molecular complexity index is 828. The molecule has 0 unspecified atom stereocenters. The van der Waals surface area contributed by atoms with Gasteiger partial charge in [0.05, 0.1) is 26.2 Å². The summed E-state index contributed by atoms with van der Waals surface area (Å²) in [6.07, 6.45) is 0.927. The molecule has 2 heterocycles. The number of para-hydroxylation sites is 1. The van der Waals surface area contributed by atoms with E-state index in [4.69, 9.17) is 0 Å². The SMILES string of the molecule is C[C@@H]1Cc2ccccc2N1C(=O)C[NH+]1CCN(C(=O)c2ccccc2)CC1. The van der Waals surface area contributed by atoms with Gasteiger partial charge in [0.2, 0.25) is 0 Å². The van der Waals surface area contributed by atoms with Gasteiger partial charge in [-0.3, -0.25) is 9.59 Å². The van der Waals surface area contributed by atoms with Gasteiger partial charge in [-0.25, -0.2) is 0 Å². The normalized spacial score (nSPS) is 19.8. The van der Waals surface area contributed by atoms with E-state index in [1.54, 1.807) is 0 Å². The molecule has 1 saturated heterocycles. The molecule has 1 fully saturated rings. The van der Waals surface area contributed by atoms with Gasteiger partial charge in [-0.1, -0.05) is 36.4 Å². The Kier molecular flexibility index (Phi) is 4.94. The maximum absolute atomic E-state index is 12.9. The van der Waals surface area contributed by atoms with Gasteiger partial charge in [0, 0.05) is 17.3 Å². The number of rotatable bonds is 3. The number of hydrogen-bond donors (Lipinski definition) is 1. The van der Waals surface area contributed by atoms with Crippen LogP contribution in [0.25, 0.3) is 0 Å². The fourth-order valence-electron chi connectivity index (χ4n) is 4.21. The number of quaternary nitrogens is 1. The average molecular weight is 364 g/mol. The van der Waals surface area contributed by atoms with Crippen molar-refractivity contribution in [1.82, 2.24) is 4.90 Å². The van der Waals surface area contributed by atoms with Crippen molar-refractivity contribution in [1.29, 1.82) is 0 Å². The molecule has 0 spiro atoms. The zero-order valence-corrected chi connectivity index (χ0v) is 15.7. The van der Waals surface area contributed by atoms with Crippen LogP contribution in [-0.2, 0) is 11.2 Å². The van der Waals surface area contributed by atoms with E-state index in [0.29, 0.717) is 19.6 Å². The quantitative estimate of drug-likeness (QED) is 0.883. The molecule has 27 heavy (non-hydrogen) atoms. The Morgan fingerprint density at radius 1 is 1.00 bits per heavy atom.